The van der Waals surface area contributed by atoms with Gasteiger partial charge in [-0.15, -0.1) is 0 Å². The Kier molecular flexibility index (Phi) is 6.20. The molecule has 0 atom stereocenters. The summed E-state index contributed by atoms with van der Waals surface area (Å²) < 4.78 is 27.3. The second-order valence-corrected chi connectivity index (χ2v) is 9.57. The number of hydrogen-bond acceptors (Lipinski definition) is 7. The molecule has 188 valence electrons. The molecule has 10 nitrogen and oxygen atoms in total. The first-order valence-electron chi connectivity index (χ1n) is 11.5. The molecule has 2 aliphatic heterocycles. The number of anilines is 1. The number of hydrogen-bond donors (Lipinski definition) is 0. The van der Waals surface area contributed by atoms with Gasteiger partial charge in [-0.2, -0.15) is 0 Å². The Labute approximate surface area is 201 Å². The first kappa shape index (κ1) is 24.5. The van der Waals surface area contributed by atoms with Crippen molar-refractivity contribution in [3.05, 3.63) is 39.4 Å². The summed E-state index contributed by atoms with van der Waals surface area (Å²) >= 11 is 0. The number of pyridine rings is 1. The minimum absolute atomic E-state index is 0.00135. The van der Waals surface area contributed by atoms with E-state index < -0.39 is 28.9 Å². The number of piperazine rings is 1. The number of carbonyl (C=O) groups is 3. The summed E-state index contributed by atoms with van der Waals surface area (Å²) in [4.78, 5) is 54.0. The molecule has 0 saturated carbocycles. The Morgan fingerprint density at radius 2 is 1.77 bits per heavy atom. The van der Waals surface area contributed by atoms with E-state index in [9.17, 15) is 19.2 Å². The van der Waals surface area contributed by atoms with Crippen LogP contribution in [0.2, 0.25) is 0 Å². The van der Waals surface area contributed by atoms with Crippen LogP contribution in [0.4, 0.5) is 14.9 Å². The van der Waals surface area contributed by atoms with Crippen molar-refractivity contribution in [2.75, 3.05) is 49.7 Å². The van der Waals surface area contributed by atoms with Gasteiger partial charge in [0.05, 0.1) is 29.6 Å². The predicted octanol–water partition coefficient (Wildman–Crippen LogP) is 2.02. The third-order valence-corrected chi connectivity index (χ3v) is 6.05. The normalized spacial score (nSPS) is 16.1. The average Bonchev–Trinajstić information content (AvgIpc) is 2.77. The van der Waals surface area contributed by atoms with E-state index in [1.54, 1.807) is 37.5 Å². The van der Waals surface area contributed by atoms with Crippen LogP contribution in [-0.2, 0) is 20.7 Å². The summed E-state index contributed by atoms with van der Waals surface area (Å²) in [7, 11) is 1.52. The fourth-order valence-corrected chi connectivity index (χ4v) is 4.43. The Balaban J connectivity index is 1.76. The molecule has 35 heavy (non-hydrogen) atoms. The average molecular weight is 489 g/mol. The minimum Gasteiger partial charge on any atom is -0.462 e. The first-order chi connectivity index (χ1) is 16.4. The fourth-order valence-electron chi connectivity index (χ4n) is 4.43. The number of carbonyl (C=O) groups excluding carboxylic acids is 3. The Hall–Kier alpha value is -3.63. The van der Waals surface area contributed by atoms with E-state index in [1.165, 1.54) is 22.9 Å². The molecule has 1 saturated heterocycles. The van der Waals surface area contributed by atoms with Gasteiger partial charge >= 0.3 is 12.1 Å². The van der Waals surface area contributed by atoms with Crippen LogP contribution < -0.4 is 15.3 Å². The summed E-state index contributed by atoms with van der Waals surface area (Å²) in [5.41, 5.74) is -0.581. The molecule has 2 amide bonds. The molecule has 2 aliphatic rings. The molecule has 0 spiro atoms. The number of ether oxygens (including phenoxy) is 2. The molecular formula is C24H29FN4O6. The maximum atomic E-state index is 15.5. The third kappa shape index (κ3) is 4.42. The van der Waals surface area contributed by atoms with Crippen molar-refractivity contribution < 1.29 is 28.2 Å². The lowest BCUT2D eigenvalue weighted by atomic mass is 9.99. The highest BCUT2D eigenvalue weighted by atomic mass is 19.1. The van der Waals surface area contributed by atoms with Gasteiger partial charge < -0.3 is 19.3 Å². The molecule has 11 heteroatoms. The zero-order chi connectivity index (χ0) is 25.7. The monoisotopic (exact) mass is 488 g/mol. The lowest BCUT2D eigenvalue weighted by Crippen LogP contribution is -2.51. The maximum Gasteiger partial charge on any atom is 0.410 e. The molecule has 0 bridgehead atoms. The molecule has 0 radical (unpaired) electrons. The van der Waals surface area contributed by atoms with Crippen LogP contribution >= 0.6 is 0 Å². The lowest BCUT2D eigenvalue weighted by molar-refractivity contribution is -0.119. The standard InChI is InChI=1S/C24H29FN4O6/c1-6-34-22(32)16-13-29-19-14(12-18(30)26(29)5)20(17(25)11-15(19)21(16)31)27-7-9-28(10-8-27)23(33)35-24(2,3)4/h11,13H,6-10,12H2,1-5H3. The molecule has 4 rings (SSSR count). The van der Waals surface area contributed by atoms with Crippen LogP contribution in [0.15, 0.2) is 17.1 Å². The van der Waals surface area contributed by atoms with E-state index in [-0.39, 0.29) is 35.6 Å². The van der Waals surface area contributed by atoms with Gasteiger partial charge in [0, 0.05) is 45.0 Å². The van der Waals surface area contributed by atoms with Gasteiger partial charge in [0.2, 0.25) is 11.3 Å². The molecule has 1 aromatic carbocycles. The number of rotatable bonds is 3. The molecule has 1 aromatic heterocycles. The zero-order valence-electron chi connectivity index (χ0n) is 20.5. The van der Waals surface area contributed by atoms with Gasteiger partial charge in [0.25, 0.3) is 0 Å². The van der Waals surface area contributed by atoms with E-state index in [2.05, 4.69) is 0 Å². The van der Waals surface area contributed by atoms with Crippen molar-refractivity contribution in [3.8, 4) is 0 Å². The van der Waals surface area contributed by atoms with Crippen molar-refractivity contribution in [1.29, 1.82) is 0 Å². The van der Waals surface area contributed by atoms with Gasteiger partial charge in [0.1, 0.15) is 17.0 Å². The number of esters is 1. The van der Waals surface area contributed by atoms with Gasteiger partial charge in [-0.3, -0.25) is 19.3 Å². The molecule has 0 aliphatic carbocycles. The molecule has 3 heterocycles. The smallest absolute Gasteiger partial charge is 0.410 e. The number of amides is 2. The van der Waals surface area contributed by atoms with Crippen molar-refractivity contribution in [2.24, 2.45) is 0 Å². The molecular weight excluding hydrogens is 459 g/mol. The van der Waals surface area contributed by atoms with Gasteiger partial charge in [-0.05, 0) is 33.8 Å². The Morgan fingerprint density at radius 3 is 2.37 bits per heavy atom. The van der Waals surface area contributed by atoms with E-state index in [0.29, 0.717) is 37.3 Å². The summed E-state index contributed by atoms with van der Waals surface area (Å²) in [5.74, 6) is -1.82. The lowest BCUT2D eigenvalue weighted by Gasteiger charge is -2.39. The Morgan fingerprint density at radius 1 is 1.11 bits per heavy atom. The zero-order valence-corrected chi connectivity index (χ0v) is 20.5. The number of benzene rings is 1. The SMILES string of the molecule is CCOC(=O)c1cn2c3c(c(N4CCN(C(=O)OC(C)(C)C)CC4)c(F)cc3c1=O)CC(=O)N2C. The van der Waals surface area contributed by atoms with Crippen LogP contribution in [0.3, 0.4) is 0 Å². The largest absolute Gasteiger partial charge is 0.462 e. The predicted molar refractivity (Wildman–Crippen MR) is 127 cm³/mol. The second kappa shape index (κ2) is 8.86. The third-order valence-electron chi connectivity index (χ3n) is 6.05. The summed E-state index contributed by atoms with van der Waals surface area (Å²) in [6.45, 7) is 8.32. The van der Waals surface area contributed by atoms with Gasteiger partial charge in [-0.25, -0.2) is 14.0 Å². The van der Waals surface area contributed by atoms with Crippen LogP contribution in [0.5, 0.6) is 0 Å². The topological polar surface area (TPSA) is 101 Å². The molecule has 1 fully saturated rings. The number of nitrogens with zero attached hydrogens (tertiary/aromatic N) is 4. The molecule has 2 aromatic rings. The van der Waals surface area contributed by atoms with Gasteiger partial charge in [0.15, 0.2) is 0 Å². The first-order valence-corrected chi connectivity index (χ1v) is 11.5. The van der Waals surface area contributed by atoms with E-state index in [1.807, 2.05) is 0 Å². The Bertz CT molecular complexity index is 1270. The van der Waals surface area contributed by atoms with Crippen molar-refractivity contribution in [2.45, 2.75) is 39.7 Å². The summed E-state index contributed by atoms with van der Waals surface area (Å²) in [6, 6.07) is 1.11. The van der Waals surface area contributed by atoms with E-state index in [4.69, 9.17) is 9.47 Å². The van der Waals surface area contributed by atoms with Crippen molar-refractivity contribution in [3.63, 3.8) is 0 Å². The highest BCUT2D eigenvalue weighted by Crippen LogP contribution is 2.35. The second-order valence-electron chi connectivity index (χ2n) is 9.57. The summed E-state index contributed by atoms with van der Waals surface area (Å²) in [5, 5.41) is 1.29. The maximum absolute atomic E-state index is 15.5. The van der Waals surface area contributed by atoms with Crippen LogP contribution in [0.1, 0.15) is 43.6 Å². The van der Waals surface area contributed by atoms with Crippen LogP contribution in [0.25, 0.3) is 10.9 Å². The van der Waals surface area contributed by atoms with Crippen molar-refractivity contribution in [1.82, 2.24) is 9.58 Å². The fraction of sp³-hybridized carbons (Fsp3) is 0.500. The van der Waals surface area contributed by atoms with Crippen LogP contribution in [-0.4, -0.2) is 73.0 Å². The van der Waals surface area contributed by atoms with Crippen LogP contribution in [0, 0.1) is 5.82 Å². The minimum atomic E-state index is -0.834. The number of aromatic nitrogens is 1. The number of halogens is 1. The van der Waals surface area contributed by atoms with Crippen molar-refractivity contribution >= 4 is 34.6 Å². The summed E-state index contributed by atoms with van der Waals surface area (Å²) in [6.07, 6.45) is 0.727. The van der Waals surface area contributed by atoms with E-state index >= 15 is 4.39 Å². The van der Waals surface area contributed by atoms with E-state index in [0.717, 1.165) is 6.07 Å². The quantitative estimate of drug-likeness (QED) is 0.610. The molecule has 0 N–H and O–H groups in total. The number of likely N-dealkylation sites (N-methyl/N-ethyl adjacent to an activating group) is 1. The highest BCUT2D eigenvalue weighted by molar-refractivity contribution is 6.02. The van der Waals surface area contributed by atoms with Gasteiger partial charge in [-0.1, -0.05) is 0 Å². The highest BCUT2D eigenvalue weighted by Gasteiger charge is 2.33. The molecule has 0 unspecified atom stereocenters.